The fraction of sp³-hybridized carbons (Fsp3) is 0.125. The molecule has 0 spiro atoms. The van der Waals surface area contributed by atoms with Crippen LogP contribution in [0, 0.1) is 4.91 Å². The highest BCUT2D eigenvalue weighted by Crippen LogP contribution is 2.25. The number of nitrogens with zero attached hydrogens (tertiary/aromatic N) is 1. The van der Waals surface area contributed by atoms with Crippen LogP contribution in [0.1, 0.15) is 0 Å². The number of nitrogens with two attached hydrogens (primary N) is 1. The van der Waals surface area contributed by atoms with E-state index in [-0.39, 0.29) is 0 Å². The van der Waals surface area contributed by atoms with Gasteiger partial charge in [0.2, 0.25) is 6.17 Å². The minimum Gasteiger partial charge on any atom is -0.366 e. The molecule has 0 aliphatic heterocycles. The molecule has 1 rings (SSSR count). The number of rotatable bonds is 4. The van der Waals surface area contributed by atoms with Gasteiger partial charge in [-0.1, -0.05) is 23.2 Å². The number of amides is 1. The number of nitrogens with one attached hydrogen (secondary N) is 1. The van der Waals surface area contributed by atoms with Crippen LogP contribution in [0.4, 0.5) is 5.69 Å². The Balaban J connectivity index is 2.84. The van der Waals surface area contributed by atoms with Gasteiger partial charge in [0.25, 0.3) is 5.91 Å². The maximum atomic E-state index is 10.7. The first kappa shape index (κ1) is 11.7. The van der Waals surface area contributed by atoms with Crippen molar-refractivity contribution in [3.63, 3.8) is 0 Å². The average Bonchev–Trinajstić information content (AvgIpc) is 2.19. The van der Waals surface area contributed by atoms with Gasteiger partial charge in [0.05, 0.1) is 10.0 Å². The van der Waals surface area contributed by atoms with Gasteiger partial charge in [-0.05, 0) is 23.4 Å². The van der Waals surface area contributed by atoms with E-state index in [1.54, 1.807) is 6.07 Å². The molecule has 1 aromatic carbocycles. The number of carbonyl (C=O) groups is 1. The lowest BCUT2D eigenvalue weighted by Gasteiger charge is -2.09. The van der Waals surface area contributed by atoms with Crippen molar-refractivity contribution in [2.75, 3.05) is 5.32 Å². The van der Waals surface area contributed by atoms with Crippen LogP contribution < -0.4 is 11.1 Å². The molecule has 0 saturated heterocycles. The first-order chi connectivity index (χ1) is 7.04. The van der Waals surface area contributed by atoms with Gasteiger partial charge in [-0.25, -0.2) is 0 Å². The van der Waals surface area contributed by atoms with E-state index < -0.39 is 12.1 Å². The lowest BCUT2D eigenvalue weighted by atomic mass is 10.3. The third-order valence-corrected chi connectivity index (χ3v) is 2.34. The summed E-state index contributed by atoms with van der Waals surface area (Å²) in [6.45, 7) is 0. The largest absolute Gasteiger partial charge is 0.366 e. The molecular formula is C8H7Cl2N3O2. The summed E-state index contributed by atoms with van der Waals surface area (Å²) >= 11 is 11.4. The summed E-state index contributed by atoms with van der Waals surface area (Å²) in [6, 6.07) is 4.54. The number of primary amides is 1. The van der Waals surface area contributed by atoms with Gasteiger partial charge >= 0.3 is 0 Å². The molecule has 15 heavy (non-hydrogen) atoms. The smallest absolute Gasteiger partial charge is 0.266 e. The number of hydrogen-bond acceptors (Lipinski definition) is 4. The molecule has 7 heteroatoms. The predicted octanol–water partition coefficient (Wildman–Crippen LogP) is 1.98. The second-order valence-electron chi connectivity index (χ2n) is 2.68. The van der Waals surface area contributed by atoms with Crippen molar-refractivity contribution in [2.24, 2.45) is 10.9 Å². The number of hydrogen-bond donors (Lipinski definition) is 2. The van der Waals surface area contributed by atoms with Gasteiger partial charge in [0.15, 0.2) is 0 Å². The van der Waals surface area contributed by atoms with E-state index in [1.807, 2.05) is 0 Å². The summed E-state index contributed by atoms with van der Waals surface area (Å²) in [7, 11) is 0. The Labute approximate surface area is 95.5 Å². The quantitative estimate of drug-likeness (QED) is 0.799. The topological polar surface area (TPSA) is 84.6 Å². The van der Waals surface area contributed by atoms with Crippen LogP contribution >= 0.6 is 23.2 Å². The lowest BCUT2D eigenvalue weighted by Crippen LogP contribution is -2.33. The Hall–Kier alpha value is -1.33. The van der Waals surface area contributed by atoms with E-state index in [1.165, 1.54) is 12.1 Å². The number of halogens is 2. The monoisotopic (exact) mass is 247 g/mol. The lowest BCUT2D eigenvalue weighted by molar-refractivity contribution is -0.118. The fourth-order valence-corrected chi connectivity index (χ4v) is 1.19. The summed E-state index contributed by atoms with van der Waals surface area (Å²) in [5.74, 6) is -0.865. The van der Waals surface area contributed by atoms with Crippen molar-refractivity contribution in [1.82, 2.24) is 0 Å². The van der Waals surface area contributed by atoms with Gasteiger partial charge < -0.3 is 11.1 Å². The Morgan fingerprint density at radius 1 is 1.40 bits per heavy atom. The van der Waals surface area contributed by atoms with E-state index in [0.717, 1.165) is 0 Å². The molecule has 1 amide bonds. The Bertz CT molecular complexity index is 397. The average molecular weight is 248 g/mol. The minimum atomic E-state index is -1.32. The molecule has 80 valence electrons. The van der Waals surface area contributed by atoms with Gasteiger partial charge in [0, 0.05) is 5.69 Å². The van der Waals surface area contributed by atoms with Gasteiger partial charge in [-0.3, -0.25) is 4.79 Å². The zero-order valence-electron chi connectivity index (χ0n) is 7.41. The number of benzene rings is 1. The van der Waals surface area contributed by atoms with Crippen LogP contribution in [0.25, 0.3) is 0 Å². The van der Waals surface area contributed by atoms with Crippen LogP contribution in [0.5, 0.6) is 0 Å². The summed E-state index contributed by atoms with van der Waals surface area (Å²) in [6.07, 6.45) is -1.32. The van der Waals surface area contributed by atoms with E-state index in [9.17, 15) is 9.70 Å². The van der Waals surface area contributed by atoms with Crippen molar-refractivity contribution >= 4 is 34.8 Å². The third-order valence-electron chi connectivity index (χ3n) is 1.60. The molecule has 3 N–H and O–H groups in total. The van der Waals surface area contributed by atoms with E-state index in [4.69, 9.17) is 28.9 Å². The van der Waals surface area contributed by atoms with E-state index in [0.29, 0.717) is 15.7 Å². The zero-order valence-corrected chi connectivity index (χ0v) is 8.92. The highest BCUT2D eigenvalue weighted by molar-refractivity contribution is 6.42. The van der Waals surface area contributed by atoms with Gasteiger partial charge in [0.1, 0.15) is 0 Å². The predicted molar refractivity (Wildman–Crippen MR) is 58.9 cm³/mol. The van der Waals surface area contributed by atoms with Crippen molar-refractivity contribution in [3.05, 3.63) is 33.2 Å². The molecule has 0 saturated carbocycles. The van der Waals surface area contributed by atoms with Crippen LogP contribution in [-0.4, -0.2) is 12.1 Å². The summed E-state index contributed by atoms with van der Waals surface area (Å²) < 4.78 is 0. The molecule has 0 aliphatic carbocycles. The zero-order chi connectivity index (χ0) is 11.4. The highest BCUT2D eigenvalue weighted by Gasteiger charge is 2.15. The number of carbonyl (C=O) groups excluding carboxylic acids is 1. The summed E-state index contributed by atoms with van der Waals surface area (Å²) in [4.78, 5) is 20.9. The molecule has 0 aliphatic rings. The summed E-state index contributed by atoms with van der Waals surface area (Å²) in [5.41, 5.74) is 5.35. The van der Waals surface area contributed by atoms with Crippen molar-refractivity contribution < 1.29 is 4.79 Å². The number of nitroso groups, excluding NO2 is 1. The molecule has 0 bridgehead atoms. The van der Waals surface area contributed by atoms with Crippen molar-refractivity contribution in [3.8, 4) is 0 Å². The molecule has 1 aromatic rings. The normalized spacial score (nSPS) is 11.9. The van der Waals surface area contributed by atoms with Crippen molar-refractivity contribution in [2.45, 2.75) is 6.17 Å². The molecule has 1 unspecified atom stereocenters. The molecule has 0 heterocycles. The first-order valence-electron chi connectivity index (χ1n) is 3.88. The minimum absolute atomic E-state index is 0.302. The Kier molecular flexibility index (Phi) is 3.88. The van der Waals surface area contributed by atoms with Gasteiger partial charge in [-0.15, -0.1) is 4.91 Å². The molecule has 0 aromatic heterocycles. The van der Waals surface area contributed by atoms with Crippen LogP contribution in [-0.2, 0) is 4.79 Å². The molecule has 1 atom stereocenters. The SMILES string of the molecule is NC(=O)C(N=O)Nc1ccc(Cl)c(Cl)c1. The standard InChI is InChI=1S/C8H7Cl2N3O2/c9-5-2-1-4(3-6(5)10)12-8(13-15)7(11)14/h1-3,8,12H,(H2,11,14). The van der Waals surface area contributed by atoms with Crippen molar-refractivity contribution in [1.29, 1.82) is 0 Å². The van der Waals surface area contributed by atoms with Crippen LogP contribution in [0.15, 0.2) is 23.4 Å². The highest BCUT2D eigenvalue weighted by atomic mass is 35.5. The third kappa shape index (κ3) is 3.07. The second-order valence-corrected chi connectivity index (χ2v) is 3.50. The fourth-order valence-electron chi connectivity index (χ4n) is 0.893. The maximum Gasteiger partial charge on any atom is 0.266 e. The number of anilines is 1. The van der Waals surface area contributed by atoms with E-state index >= 15 is 0 Å². The Morgan fingerprint density at radius 2 is 2.07 bits per heavy atom. The Morgan fingerprint density at radius 3 is 2.53 bits per heavy atom. The summed E-state index contributed by atoms with van der Waals surface area (Å²) in [5, 5.41) is 5.70. The first-order valence-corrected chi connectivity index (χ1v) is 4.63. The van der Waals surface area contributed by atoms with Gasteiger partial charge in [-0.2, -0.15) is 0 Å². The van der Waals surface area contributed by atoms with Crippen LogP contribution in [0.2, 0.25) is 10.0 Å². The molecule has 5 nitrogen and oxygen atoms in total. The maximum absolute atomic E-state index is 10.7. The molecular weight excluding hydrogens is 241 g/mol. The van der Waals surface area contributed by atoms with Crippen LogP contribution in [0.3, 0.4) is 0 Å². The molecule has 0 fully saturated rings. The molecule has 0 radical (unpaired) electrons. The second kappa shape index (κ2) is 4.95. The van der Waals surface area contributed by atoms with E-state index in [2.05, 4.69) is 10.5 Å².